The normalized spacial score (nSPS) is 10.4. The molecular weight excluding hydrogens is 205 g/mol. The lowest BCUT2D eigenvalue weighted by atomic mass is 10.2. The van der Waals surface area contributed by atoms with Crippen LogP contribution in [0.1, 0.15) is 17.1 Å². The Bertz CT molecular complexity index is 490. The molecule has 1 heterocycles. The Morgan fingerprint density at radius 3 is 2.69 bits per heavy atom. The molecule has 2 aromatic rings. The van der Waals surface area contributed by atoms with Crippen molar-refractivity contribution in [2.75, 3.05) is 5.32 Å². The van der Waals surface area contributed by atoms with Crippen molar-refractivity contribution in [3.8, 4) is 0 Å². The lowest BCUT2D eigenvalue weighted by Crippen LogP contribution is -2.00. The van der Waals surface area contributed by atoms with Crippen molar-refractivity contribution in [1.29, 1.82) is 0 Å². The van der Waals surface area contributed by atoms with Gasteiger partial charge in [-0.2, -0.15) is 0 Å². The van der Waals surface area contributed by atoms with Gasteiger partial charge in [0.05, 0.1) is 6.54 Å². The molecule has 0 aliphatic rings. The third kappa shape index (κ3) is 2.42. The molecule has 0 atom stereocenters. The highest BCUT2D eigenvalue weighted by Gasteiger charge is 2.02. The largest absolute Gasteiger partial charge is 0.465 e. The van der Waals surface area contributed by atoms with Gasteiger partial charge in [0, 0.05) is 5.69 Å². The van der Waals surface area contributed by atoms with Gasteiger partial charge in [0.25, 0.3) is 0 Å². The first-order valence-corrected chi connectivity index (χ1v) is 5.20. The van der Waals surface area contributed by atoms with Gasteiger partial charge in [-0.25, -0.2) is 4.39 Å². The van der Waals surface area contributed by atoms with E-state index in [2.05, 4.69) is 5.32 Å². The third-order valence-electron chi connectivity index (χ3n) is 2.45. The van der Waals surface area contributed by atoms with Gasteiger partial charge in [-0.3, -0.25) is 0 Å². The number of hydrogen-bond donors (Lipinski definition) is 1. The second-order valence-corrected chi connectivity index (χ2v) is 3.83. The summed E-state index contributed by atoms with van der Waals surface area (Å²) in [5, 5.41) is 3.15. The van der Waals surface area contributed by atoms with Crippen molar-refractivity contribution < 1.29 is 8.81 Å². The van der Waals surface area contributed by atoms with Crippen molar-refractivity contribution in [2.24, 2.45) is 0 Å². The molecule has 16 heavy (non-hydrogen) atoms. The molecule has 0 saturated heterocycles. The van der Waals surface area contributed by atoms with Crippen LogP contribution in [0.5, 0.6) is 0 Å². The molecule has 1 N–H and O–H groups in total. The van der Waals surface area contributed by atoms with Crippen LogP contribution >= 0.6 is 0 Å². The maximum atomic E-state index is 13.0. The Balaban J connectivity index is 2.07. The van der Waals surface area contributed by atoms with Crippen molar-refractivity contribution in [2.45, 2.75) is 20.4 Å². The van der Waals surface area contributed by atoms with E-state index in [4.69, 9.17) is 4.42 Å². The van der Waals surface area contributed by atoms with Crippen molar-refractivity contribution in [3.05, 3.63) is 53.2 Å². The smallest absolute Gasteiger partial charge is 0.125 e. The quantitative estimate of drug-likeness (QED) is 0.852. The van der Waals surface area contributed by atoms with E-state index in [0.717, 1.165) is 22.8 Å². The topological polar surface area (TPSA) is 25.2 Å². The van der Waals surface area contributed by atoms with Gasteiger partial charge in [0.1, 0.15) is 17.3 Å². The molecule has 0 aliphatic heterocycles. The predicted octanol–water partition coefficient (Wildman–Crippen LogP) is 3.65. The Morgan fingerprint density at radius 1 is 1.19 bits per heavy atom. The molecule has 0 bridgehead atoms. The summed E-state index contributed by atoms with van der Waals surface area (Å²) < 4.78 is 18.4. The van der Waals surface area contributed by atoms with Crippen LogP contribution in [-0.2, 0) is 6.54 Å². The summed E-state index contributed by atoms with van der Waals surface area (Å²) in [7, 11) is 0. The Kier molecular flexibility index (Phi) is 2.95. The van der Waals surface area contributed by atoms with Gasteiger partial charge in [0.15, 0.2) is 0 Å². The van der Waals surface area contributed by atoms with Crippen LogP contribution < -0.4 is 5.32 Å². The van der Waals surface area contributed by atoms with Crippen LogP contribution in [0.3, 0.4) is 0 Å². The number of anilines is 1. The summed E-state index contributed by atoms with van der Waals surface area (Å²) in [6, 6.07) is 8.53. The molecular formula is C13H14FNO. The fourth-order valence-corrected chi connectivity index (χ4v) is 1.55. The molecule has 2 rings (SSSR count). The molecule has 0 saturated carbocycles. The molecule has 0 aliphatic carbocycles. The van der Waals surface area contributed by atoms with Crippen LogP contribution in [-0.4, -0.2) is 0 Å². The monoisotopic (exact) mass is 219 g/mol. The van der Waals surface area contributed by atoms with Gasteiger partial charge in [0.2, 0.25) is 0 Å². The minimum Gasteiger partial charge on any atom is -0.465 e. The number of nitrogens with one attached hydrogen (secondary N) is 1. The van der Waals surface area contributed by atoms with E-state index in [1.165, 1.54) is 12.1 Å². The molecule has 2 nitrogen and oxygen atoms in total. The zero-order chi connectivity index (χ0) is 11.5. The number of halogens is 1. The number of rotatable bonds is 3. The maximum Gasteiger partial charge on any atom is 0.125 e. The number of aryl methyl sites for hydroxylation is 2. The van der Waals surface area contributed by atoms with E-state index in [-0.39, 0.29) is 5.82 Å². The van der Waals surface area contributed by atoms with Gasteiger partial charge in [-0.1, -0.05) is 6.07 Å². The summed E-state index contributed by atoms with van der Waals surface area (Å²) in [6.45, 7) is 4.41. The fraction of sp³-hybridized carbons (Fsp3) is 0.231. The summed E-state index contributed by atoms with van der Waals surface area (Å²) in [5.74, 6) is 1.50. The second kappa shape index (κ2) is 4.39. The Hall–Kier alpha value is -1.77. The van der Waals surface area contributed by atoms with E-state index in [0.29, 0.717) is 6.54 Å². The Morgan fingerprint density at radius 2 is 2.00 bits per heavy atom. The van der Waals surface area contributed by atoms with Crippen molar-refractivity contribution >= 4 is 5.69 Å². The lowest BCUT2D eigenvalue weighted by Gasteiger charge is -2.07. The zero-order valence-corrected chi connectivity index (χ0v) is 9.38. The van der Waals surface area contributed by atoms with Crippen LogP contribution in [0.2, 0.25) is 0 Å². The van der Waals surface area contributed by atoms with Crippen molar-refractivity contribution in [1.82, 2.24) is 0 Å². The highest BCUT2D eigenvalue weighted by atomic mass is 19.1. The molecule has 1 aromatic heterocycles. The highest BCUT2D eigenvalue weighted by Crippen LogP contribution is 2.17. The standard InChI is InChI=1S/C13H14FNO/c1-9-3-5-11(14)7-13(9)15-8-12-6-4-10(2)16-12/h3-7,15H,8H2,1-2H3. The SMILES string of the molecule is Cc1ccc(CNc2cc(F)ccc2C)o1. The first kappa shape index (κ1) is 10.7. The summed E-state index contributed by atoms with van der Waals surface area (Å²) in [5.41, 5.74) is 1.82. The van der Waals surface area contributed by atoms with Crippen molar-refractivity contribution in [3.63, 3.8) is 0 Å². The summed E-state index contributed by atoms with van der Waals surface area (Å²) in [4.78, 5) is 0. The van der Waals surface area contributed by atoms with Gasteiger partial charge >= 0.3 is 0 Å². The average molecular weight is 219 g/mol. The van der Waals surface area contributed by atoms with Crippen LogP contribution in [0, 0.1) is 19.7 Å². The zero-order valence-electron chi connectivity index (χ0n) is 9.38. The average Bonchev–Trinajstić information content (AvgIpc) is 2.66. The molecule has 0 fully saturated rings. The molecule has 0 unspecified atom stereocenters. The highest BCUT2D eigenvalue weighted by molar-refractivity contribution is 5.50. The van der Waals surface area contributed by atoms with Crippen LogP contribution in [0.15, 0.2) is 34.7 Å². The van der Waals surface area contributed by atoms with E-state index >= 15 is 0 Å². The second-order valence-electron chi connectivity index (χ2n) is 3.83. The fourth-order valence-electron chi connectivity index (χ4n) is 1.55. The Labute approximate surface area is 94.1 Å². The van der Waals surface area contributed by atoms with Gasteiger partial charge in [-0.15, -0.1) is 0 Å². The first-order valence-electron chi connectivity index (χ1n) is 5.20. The third-order valence-corrected chi connectivity index (χ3v) is 2.45. The lowest BCUT2D eigenvalue weighted by molar-refractivity contribution is 0.490. The minimum absolute atomic E-state index is 0.233. The minimum atomic E-state index is -0.233. The maximum absolute atomic E-state index is 13.0. The van der Waals surface area contributed by atoms with Gasteiger partial charge < -0.3 is 9.73 Å². The van der Waals surface area contributed by atoms with Crippen LogP contribution in [0.4, 0.5) is 10.1 Å². The number of hydrogen-bond acceptors (Lipinski definition) is 2. The number of furan rings is 1. The molecule has 0 spiro atoms. The molecule has 84 valence electrons. The number of benzene rings is 1. The first-order chi connectivity index (χ1) is 7.65. The summed E-state index contributed by atoms with van der Waals surface area (Å²) >= 11 is 0. The molecule has 0 amide bonds. The van der Waals surface area contributed by atoms with E-state index in [9.17, 15) is 4.39 Å². The molecule has 0 radical (unpaired) electrons. The van der Waals surface area contributed by atoms with Crippen LogP contribution in [0.25, 0.3) is 0 Å². The molecule has 3 heteroatoms. The molecule has 1 aromatic carbocycles. The van der Waals surface area contributed by atoms with E-state index < -0.39 is 0 Å². The summed E-state index contributed by atoms with van der Waals surface area (Å²) in [6.07, 6.45) is 0. The van der Waals surface area contributed by atoms with E-state index in [1.807, 2.05) is 26.0 Å². The predicted molar refractivity (Wildman–Crippen MR) is 61.9 cm³/mol. The van der Waals surface area contributed by atoms with Gasteiger partial charge in [-0.05, 0) is 43.7 Å². The van der Waals surface area contributed by atoms with E-state index in [1.54, 1.807) is 6.07 Å².